The summed E-state index contributed by atoms with van der Waals surface area (Å²) < 4.78 is 9.64. The summed E-state index contributed by atoms with van der Waals surface area (Å²) in [7, 11) is 0. The van der Waals surface area contributed by atoms with Crippen LogP contribution in [0.4, 0.5) is 5.69 Å². The molecule has 0 amide bonds. The Bertz CT molecular complexity index is 7880. The number of benzene rings is 18. The van der Waals surface area contributed by atoms with Gasteiger partial charge in [-0.3, -0.25) is 0 Å². The van der Waals surface area contributed by atoms with Crippen molar-refractivity contribution in [2.75, 3.05) is 0 Å². The van der Waals surface area contributed by atoms with Crippen molar-refractivity contribution in [3.8, 4) is 89.5 Å². The minimum absolute atomic E-state index is 0.0558. The third kappa shape index (κ3) is 10.8. The van der Waals surface area contributed by atoms with Crippen molar-refractivity contribution in [3.05, 3.63) is 463 Å². The van der Waals surface area contributed by atoms with Gasteiger partial charge in [0.25, 0.3) is 0 Å². The van der Waals surface area contributed by atoms with Gasteiger partial charge in [-0.25, -0.2) is 4.85 Å². The largest absolute Gasteiger partial charge is 0.309 e. The van der Waals surface area contributed by atoms with Crippen molar-refractivity contribution in [1.29, 1.82) is 0 Å². The number of fused-ring (bicyclic) bond motifs is 18. The highest BCUT2D eigenvalue weighted by Crippen LogP contribution is 2.57. The number of para-hydroxylation sites is 2. The highest BCUT2D eigenvalue weighted by molar-refractivity contribution is 6.16. The molecule has 2 aliphatic carbocycles. The molecule has 0 saturated carbocycles. The van der Waals surface area contributed by atoms with Crippen LogP contribution in [0.3, 0.4) is 0 Å². The second kappa shape index (κ2) is 27.2. The first kappa shape index (κ1) is 69.2. The molecule has 5 nitrogen and oxygen atoms in total. The molecule has 0 aliphatic heterocycles. The molecule has 119 heavy (non-hydrogen) atoms. The lowest BCUT2D eigenvalue weighted by atomic mass is 9.67. The van der Waals surface area contributed by atoms with Crippen molar-refractivity contribution < 1.29 is 0 Å². The minimum Gasteiger partial charge on any atom is -0.309 e. The van der Waals surface area contributed by atoms with Crippen molar-refractivity contribution >= 4 is 92.9 Å². The van der Waals surface area contributed by atoms with Crippen LogP contribution in [0.15, 0.2) is 413 Å². The Kier molecular flexibility index (Phi) is 15.8. The molecule has 0 saturated heterocycles. The topological polar surface area (TPSA) is 24.1 Å². The average Bonchev–Trinajstić information content (AvgIpc) is 1.54. The zero-order chi connectivity index (χ0) is 79.2. The van der Waals surface area contributed by atoms with Gasteiger partial charge in [0.05, 0.1) is 56.1 Å². The maximum Gasteiger partial charge on any atom is 0.188 e. The molecule has 2 aliphatic rings. The van der Waals surface area contributed by atoms with E-state index < -0.39 is 5.41 Å². The molecule has 558 valence electrons. The van der Waals surface area contributed by atoms with E-state index in [9.17, 15) is 0 Å². The van der Waals surface area contributed by atoms with Gasteiger partial charge in [-0.1, -0.05) is 298 Å². The molecule has 5 heteroatoms. The Labute approximate surface area is 690 Å². The molecule has 0 N–H and O–H groups in total. The van der Waals surface area contributed by atoms with Crippen LogP contribution in [0.2, 0.25) is 0 Å². The van der Waals surface area contributed by atoms with Gasteiger partial charge >= 0.3 is 0 Å². The smallest absolute Gasteiger partial charge is 0.188 e. The normalized spacial score (nSPS) is 13.0. The van der Waals surface area contributed by atoms with Gasteiger partial charge in [0, 0.05) is 65.9 Å². The van der Waals surface area contributed by atoms with Crippen molar-refractivity contribution in [3.63, 3.8) is 0 Å². The van der Waals surface area contributed by atoms with Crippen LogP contribution in [-0.4, -0.2) is 18.3 Å². The third-order valence-electron chi connectivity index (χ3n) is 25.8. The van der Waals surface area contributed by atoms with Crippen LogP contribution >= 0.6 is 0 Å². The second-order valence-corrected chi connectivity index (χ2v) is 32.6. The summed E-state index contributed by atoms with van der Waals surface area (Å²) in [4.78, 5) is 3.83. The minimum atomic E-state index is -0.487. The van der Waals surface area contributed by atoms with Crippen LogP contribution in [0.25, 0.3) is 182 Å². The first-order chi connectivity index (χ1) is 58.6. The molecule has 0 atom stereocenters. The summed E-state index contributed by atoms with van der Waals surface area (Å²) in [5, 5.41) is 9.69. The lowest BCUT2D eigenvalue weighted by Gasteiger charge is -2.34. The van der Waals surface area contributed by atoms with Crippen molar-refractivity contribution in [1.82, 2.24) is 18.3 Å². The number of hydrogen-bond donors (Lipinski definition) is 0. The lowest BCUT2D eigenvalue weighted by Crippen LogP contribution is -2.28. The van der Waals surface area contributed by atoms with Crippen LogP contribution < -0.4 is 0 Å². The van der Waals surface area contributed by atoms with Gasteiger partial charge in [0.1, 0.15) is 0 Å². The Morgan fingerprint density at radius 1 is 0.218 bits per heavy atom. The molecule has 4 heterocycles. The van der Waals surface area contributed by atoms with Crippen molar-refractivity contribution in [2.24, 2.45) is 0 Å². The van der Waals surface area contributed by atoms with Crippen molar-refractivity contribution in [2.45, 2.75) is 31.6 Å². The molecule has 22 aromatic rings. The molecule has 0 bridgehead atoms. The van der Waals surface area contributed by atoms with Gasteiger partial charge < -0.3 is 18.3 Å². The standard InChI is InChI=1S/C62H39N3.C52H38N2/c1-63-47-29-36-61-55(39-47)54-38-44(28-35-60(54)64(61)48-30-25-42(26-31-48)41-15-5-2-6-16-41)43-27-34-59-53(37-43)52-22-12-14-24-58(52)65(59)49-32-33-51-50-21-11-13-23-56(50)62(57(51)40-49,45-17-7-3-8-18-45)46-19-9-4-10-20-46;1-33-17-26-49-43(29-33)45-31-37(21-28-51(45)53(49)38-22-18-35(19-23-38)34-11-5-4-6-12-34)36-20-27-50-44(30-36)42-14-8-10-16-48(42)54(50)39-24-25-41-40-13-7-9-15-46(40)52(2,3)47(41)32-39/h2-40H;4-32H,1-3H3. The highest BCUT2D eigenvalue weighted by atomic mass is 15.0. The molecule has 18 aromatic carbocycles. The fraction of sp³-hybridized carbons (Fsp3) is 0.0439. The lowest BCUT2D eigenvalue weighted by molar-refractivity contribution is 0.660. The van der Waals surface area contributed by atoms with Gasteiger partial charge in [-0.05, 0) is 246 Å². The highest BCUT2D eigenvalue weighted by Gasteiger charge is 2.46. The summed E-state index contributed by atoms with van der Waals surface area (Å²) in [5.74, 6) is 0. The number of rotatable bonds is 10. The van der Waals surface area contributed by atoms with E-state index in [0.717, 1.165) is 49.8 Å². The van der Waals surface area contributed by atoms with E-state index in [4.69, 9.17) is 6.57 Å². The summed E-state index contributed by atoms with van der Waals surface area (Å²) in [5.41, 5.74) is 38.0. The molecular formula is C114H77N5. The van der Waals surface area contributed by atoms with Crippen LogP contribution in [0, 0.1) is 13.5 Å². The third-order valence-corrected chi connectivity index (χ3v) is 25.8. The Morgan fingerprint density at radius 2 is 0.529 bits per heavy atom. The zero-order valence-electron chi connectivity index (χ0n) is 66.0. The molecular weight excluding hydrogens is 1440 g/mol. The molecule has 0 unspecified atom stereocenters. The predicted molar refractivity (Wildman–Crippen MR) is 498 cm³/mol. The molecule has 0 spiro atoms. The molecule has 24 rings (SSSR count). The van der Waals surface area contributed by atoms with E-state index in [1.54, 1.807) is 0 Å². The van der Waals surface area contributed by atoms with E-state index in [0.29, 0.717) is 5.69 Å². The number of nitrogens with zero attached hydrogens (tertiary/aromatic N) is 5. The van der Waals surface area contributed by atoms with E-state index in [1.807, 2.05) is 18.2 Å². The SMILES string of the molecule is Cc1ccc2c(c1)c1cc(-c3ccc4c(c3)c3ccccc3n4-c3ccc4c(c3)C(C)(C)c3ccccc3-4)ccc1n2-c1ccc(-c2ccccc2)cc1.[C-]#[N+]c1ccc2c(c1)c1cc(-c3ccc4c(c3)c3ccccc3n4-c3ccc4c(c3)C(c3ccccc3)(c3ccccc3)c3ccccc3-4)ccc1n2-c1ccc(-c2ccccc2)cc1. The number of aromatic nitrogens is 4. The van der Waals surface area contributed by atoms with Gasteiger partial charge in [-0.15, -0.1) is 0 Å². The average molecular weight is 1520 g/mol. The summed E-state index contributed by atoms with van der Waals surface area (Å²) in [6, 6.07) is 151. The maximum atomic E-state index is 7.87. The summed E-state index contributed by atoms with van der Waals surface area (Å²) in [6.45, 7) is 14.8. The van der Waals surface area contributed by atoms with E-state index >= 15 is 0 Å². The van der Waals surface area contributed by atoms with E-state index in [1.165, 1.54) is 166 Å². The maximum absolute atomic E-state index is 7.87. The Balaban J connectivity index is 0.000000142. The van der Waals surface area contributed by atoms with Crippen LogP contribution in [-0.2, 0) is 10.8 Å². The quantitative estimate of drug-likeness (QED) is 0.122. The fourth-order valence-electron chi connectivity index (χ4n) is 20.3. The Morgan fingerprint density at radius 3 is 1.00 bits per heavy atom. The zero-order valence-corrected chi connectivity index (χ0v) is 66.0. The molecule has 0 fully saturated rings. The van der Waals surface area contributed by atoms with E-state index in [-0.39, 0.29) is 5.41 Å². The second-order valence-electron chi connectivity index (χ2n) is 32.6. The predicted octanol–water partition coefficient (Wildman–Crippen LogP) is 30.0. The molecule has 0 radical (unpaired) electrons. The number of hydrogen-bond acceptors (Lipinski definition) is 0. The summed E-state index contributed by atoms with van der Waals surface area (Å²) >= 11 is 0. The summed E-state index contributed by atoms with van der Waals surface area (Å²) in [6.07, 6.45) is 0. The van der Waals surface area contributed by atoms with Gasteiger partial charge in [0.2, 0.25) is 0 Å². The van der Waals surface area contributed by atoms with E-state index in [2.05, 4.69) is 438 Å². The number of aryl methyl sites for hydroxylation is 1. The molecule has 4 aromatic heterocycles. The first-order valence-corrected chi connectivity index (χ1v) is 41.1. The van der Waals surface area contributed by atoms with Crippen LogP contribution in [0.5, 0.6) is 0 Å². The first-order valence-electron chi connectivity index (χ1n) is 41.1. The fourth-order valence-corrected chi connectivity index (χ4v) is 20.3. The Hall–Kier alpha value is -15.4. The van der Waals surface area contributed by atoms with Gasteiger partial charge in [-0.2, -0.15) is 0 Å². The van der Waals surface area contributed by atoms with Crippen LogP contribution in [0.1, 0.15) is 52.8 Å². The van der Waals surface area contributed by atoms with Gasteiger partial charge in [0.15, 0.2) is 5.69 Å². The monoisotopic (exact) mass is 1520 g/mol.